The molecule has 0 saturated carbocycles. The van der Waals surface area contributed by atoms with Gasteiger partial charge in [0.1, 0.15) is 5.75 Å². The fraction of sp³-hybridized carbons (Fsp3) is 0.217. The van der Waals surface area contributed by atoms with Gasteiger partial charge in [0.15, 0.2) is 4.80 Å². The Kier molecular flexibility index (Phi) is 5.81. The Labute approximate surface area is 182 Å². The first kappa shape index (κ1) is 20.7. The van der Waals surface area contributed by atoms with Crippen LogP contribution in [-0.2, 0) is 9.53 Å². The van der Waals surface area contributed by atoms with Crippen molar-refractivity contribution >= 4 is 23.4 Å². The fourth-order valence-electron chi connectivity index (χ4n) is 3.49. The Bertz CT molecular complexity index is 1320. The Balaban J connectivity index is 1.95. The van der Waals surface area contributed by atoms with E-state index in [9.17, 15) is 9.59 Å². The summed E-state index contributed by atoms with van der Waals surface area (Å²) in [5.41, 5.74) is 2.09. The highest BCUT2D eigenvalue weighted by Crippen LogP contribution is 2.31. The highest BCUT2D eigenvalue weighted by atomic mass is 32.1. The monoisotopic (exact) mass is 435 g/mol. The minimum atomic E-state index is -0.646. The van der Waals surface area contributed by atoms with E-state index in [-0.39, 0.29) is 12.2 Å². The third-order valence-corrected chi connectivity index (χ3v) is 5.90. The molecule has 1 aliphatic rings. The van der Waals surface area contributed by atoms with Crippen LogP contribution in [0.5, 0.6) is 5.75 Å². The molecule has 31 heavy (non-hydrogen) atoms. The van der Waals surface area contributed by atoms with Crippen molar-refractivity contribution in [2.45, 2.75) is 19.9 Å². The van der Waals surface area contributed by atoms with Crippen molar-refractivity contribution in [1.29, 1.82) is 0 Å². The van der Waals surface area contributed by atoms with Gasteiger partial charge in [-0.2, -0.15) is 0 Å². The van der Waals surface area contributed by atoms with Crippen molar-refractivity contribution in [2.24, 2.45) is 4.99 Å². The normalized spacial score (nSPS) is 16.0. The maximum absolute atomic E-state index is 13.4. The molecule has 3 aromatic rings. The molecule has 0 fully saturated rings. The van der Waals surface area contributed by atoms with Crippen molar-refractivity contribution in [2.75, 3.05) is 13.7 Å². The summed E-state index contributed by atoms with van der Waals surface area (Å²) >= 11 is 1.27. The number of pyridine rings is 1. The van der Waals surface area contributed by atoms with Crippen LogP contribution in [0, 0.1) is 0 Å². The number of thiazole rings is 1. The number of carbonyl (C=O) groups is 1. The van der Waals surface area contributed by atoms with Crippen LogP contribution in [0.25, 0.3) is 6.08 Å². The van der Waals surface area contributed by atoms with Crippen LogP contribution >= 0.6 is 11.3 Å². The standard InChI is InChI=1S/C23H21N3O4S/c1-4-30-22(28)19-14(2)25-23-26(20(19)15-8-10-17(29-3)11-9-15)21(27)18(31-23)13-16-7-5-6-12-24-16/h5-13,20H,4H2,1-3H3. The minimum absolute atomic E-state index is 0.231. The number of carbonyl (C=O) groups excluding carboxylic acids is 1. The highest BCUT2D eigenvalue weighted by Gasteiger charge is 2.33. The number of allylic oxidation sites excluding steroid dienone is 1. The molecule has 3 heterocycles. The number of methoxy groups -OCH3 is 1. The summed E-state index contributed by atoms with van der Waals surface area (Å²) < 4.78 is 12.6. The zero-order chi connectivity index (χ0) is 22.0. The maximum atomic E-state index is 13.4. The lowest BCUT2D eigenvalue weighted by atomic mass is 9.96. The molecular weight excluding hydrogens is 414 g/mol. The van der Waals surface area contributed by atoms with E-state index in [1.54, 1.807) is 49.9 Å². The van der Waals surface area contributed by atoms with Gasteiger partial charge in [-0.1, -0.05) is 29.5 Å². The number of hydrogen-bond acceptors (Lipinski definition) is 7. The summed E-state index contributed by atoms with van der Waals surface area (Å²) in [6.45, 7) is 3.74. The average Bonchev–Trinajstić information content (AvgIpc) is 3.08. The van der Waals surface area contributed by atoms with E-state index >= 15 is 0 Å². The van der Waals surface area contributed by atoms with Gasteiger partial charge in [-0.15, -0.1) is 0 Å². The van der Waals surface area contributed by atoms with E-state index in [1.165, 1.54) is 11.3 Å². The summed E-state index contributed by atoms with van der Waals surface area (Å²) in [7, 11) is 1.59. The van der Waals surface area contributed by atoms with Crippen LogP contribution in [0.2, 0.25) is 0 Å². The third-order valence-electron chi connectivity index (χ3n) is 4.92. The Hall–Kier alpha value is -3.52. The molecule has 158 valence electrons. The third kappa shape index (κ3) is 3.94. The van der Waals surface area contributed by atoms with Gasteiger partial charge in [-0.25, -0.2) is 9.79 Å². The minimum Gasteiger partial charge on any atom is -0.497 e. The van der Waals surface area contributed by atoms with Gasteiger partial charge >= 0.3 is 5.97 Å². The largest absolute Gasteiger partial charge is 0.497 e. The molecule has 1 atom stereocenters. The van der Waals surface area contributed by atoms with Crippen molar-refractivity contribution in [3.05, 3.63) is 90.9 Å². The predicted molar refractivity (Wildman–Crippen MR) is 118 cm³/mol. The number of hydrogen-bond donors (Lipinski definition) is 0. The second kappa shape index (κ2) is 8.69. The van der Waals surface area contributed by atoms with Gasteiger partial charge in [0.05, 0.1) is 41.3 Å². The lowest BCUT2D eigenvalue weighted by molar-refractivity contribution is -0.139. The summed E-state index contributed by atoms with van der Waals surface area (Å²) in [6, 6.07) is 12.2. The predicted octanol–water partition coefficient (Wildman–Crippen LogP) is 2.20. The number of rotatable bonds is 5. The zero-order valence-corrected chi connectivity index (χ0v) is 18.2. The number of benzene rings is 1. The van der Waals surface area contributed by atoms with Crippen LogP contribution in [0.1, 0.15) is 31.1 Å². The van der Waals surface area contributed by atoms with Gasteiger partial charge in [0, 0.05) is 6.20 Å². The number of aromatic nitrogens is 2. The van der Waals surface area contributed by atoms with E-state index in [2.05, 4.69) is 9.98 Å². The van der Waals surface area contributed by atoms with E-state index < -0.39 is 12.0 Å². The number of fused-ring (bicyclic) bond motifs is 1. The molecule has 0 aliphatic carbocycles. The number of ether oxygens (including phenoxy) is 2. The SMILES string of the molecule is CCOC(=O)C1=C(C)N=c2sc(=Cc3ccccn3)c(=O)n2C1c1ccc(OC)cc1. The maximum Gasteiger partial charge on any atom is 0.338 e. The fourth-order valence-corrected chi connectivity index (χ4v) is 4.52. The summed E-state index contributed by atoms with van der Waals surface area (Å²) in [6.07, 6.45) is 3.41. The zero-order valence-electron chi connectivity index (χ0n) is 17.4. The highest BCUT2D eigenvalue weighted by molar-refractivity contribution is 7.07. The van der Waals surface area contributed by atoms with Gasteiger partial charge in [0.2, 0.25) is 0 Å². The molecule has 0 saturated heterocycles. The van der Waals surface area contributed by atoms with Crippen molar-refractivity contribution in [1.82, 2.24) is 9.55 Å². The molecule has 8 heteroatoms. The molecule has 0 amide bonds. The molecule has 1 aliphatic heterocycles. The first-order valence-electron chi connectivity index (χ1n) is 9.78. The smallest absolute Gasteiger partial charge is 0.338 e. The number of nitrogens with zero attached hydrogens (tertiary/aromatic N) is 3. The first-order valence-corrected chi connectivity index (χ1v) is 10.6. The van der Waals surface area contributed by atoms with Crippen molar-refractivity contribution in [3.8, 4) is 5.75 Å². The molecule has 0 radical (unpaired) electrons. The molecule has 4 rings (SSSR count). The van der Waals surface area contributed by atoms with Gasteiger partial charge in [0.25, 0.3) is 5.56 Å². The van der Waals surface area contributed by atoms with Crippen LogP contribution in [0.15, 0.2) is 69.7 Å². The summed E-state index contributed by atoms with van der Waals surface area (Å²) in [5.74, 6) is 0.202. The lowest BCUT2D eigenvalue weighted by Crippen LogP contribution is -2.39. The second-order valence-corrected chi connectivity index (χ2v) is 7.84. The molecule has 1 aromatic carbocycles. The van der Waals surface area contributed by atoms with E-state index in [0.717, 1.165) is 5.56 Å². The van der Waals surface area contributed by atoms with Crippen molar-refractivity contribution in [3.63, 3.8) is 0 Å². The van der Waals surface area contributed by atoms with Gasteiger partial charge < -0.3 is 9.47 Å². The number of esters is 1. The van der Waals surface area contributed by atoms with Crippen LogP contribution in [0.3, 0.4) is 0 Å². The second-order valence-electron chi connectivity index (χ2n) is 6.83. The molecule has 0 bridgehead atoms. The van der Waals surface area contributed by atoms with E-state index in [4.69, 9.17) is 9.47 Å². The molecule has 7 nitrogen and oxygen atoms in total. The molecule has 0 spiro atoms. The van der Waals surface area contributed by atoms with E-state index in [0.29, 0.717) is 32.0 Å². The van der Waals surface area contributed by atoms with Crippen LogP contribution in [-0.4, -0.2) is 29.2 Å². The van der Waals surface area contributed by atoms with Crippen LogP contribution in [0.4, 0.5) is 0 Å². The Morgan fingerprint density at radius 1 is 1.23 bits per heavy atom. The molecule has 1 unspecified atom stereocenters. The van der Waals surface area contributed by atoms with Gasteiger partial charge in [-0.3, -0.25) is 14.3 Å². The average molecular weight is 436 g/mol. The molecule has 0 N–H and O–H groups in total. The quantitative estimate of drug-likeness (QED) is 0.574. The topological polar surface area (TPSA) is 82.8 Å². The molecular formula is C23H21N3O4S. The Morgan fingerprint density at radius 2 is 2.00 bits per heavy atom. The van der Waals surface area contributed by atoms with E-state index in [1.807, 2.05) is 30.3 Å². The lowest BCUT2D eigenvalue weighted by Gasteiger charge is -2.24. The molecule has 2 aromatic heterocycles. The van der Waals surface area contributed by atoms with Gasteiger partial charge in [-0.05, 0) is 49.8 Å². The summed E-state index contributed by atoms with van der Waals surface area (Å²) in [5, 5.41) is 0. The van der Waals surface area contributed by atoms with Crippen LogP contribution < -0.4 is 19.6 Å². The first-order chi connectivity index (χ1) is 15.0. The van der Waals surface area contributed by atoms with Crippen molar-refractivity contribution < 1.29 is 14.3 Å². The Morgan fingerprint density at radius 3 is 2.65 bits per heavy atom. The summed E-state index contributed by atoms with van der Waals surface area (Å²) in [4.78, 5) is 35.6.